The van der Waals surface area contributed by atoms with E-state index in [2.05, 4.69) is 26.6 Å². The molecule has 1 fully saturated rings. The molecular weight excluding hydrogens is 322 g/mol. The van der Waals surface area contributed by atoms with Crippen LogP contribution in [0.2, 0.25) is 0 Å². The van der Waals surface area contributed by atoms with Crippen molar-refractivity contribution < 1.29 is 9.59 Å². The summed E-state index contributed by atoms with van der Waals surface area (Å²) in [7, 11) is 0. The SMILES string of the molecule is NCC(=O)NCC(=O)NC1(c2ccc(Br)cc2)CCC1. The molecule has 0 aromatic heterocycles. The van der Waals surface area contributed by atoms with Gasteiger partial charge in [0, 0.05) is 4.47 Å². The predicted molar refractivity (Wildman–Crippen MR) is 79.9 cm³/mol. The van der Waals surface area contributed by atoms with Crippen LogP contribution in [0.5, 0.6) is 0 Å². The molecule has 0 saturated heterocycles. The quantitative estimate of drug-likeness (QED) is 0.748. The van der Waals surface area contributed by atoms with Crippen molar-refractivity contribution in [3.8, 4) is 0 Å². The number of carbonyl (C=O) groups excluding carboxylic acids is 2. The van der Waals surface area contributed by atoms with Crippen molar-refractivity contribution in [2.75, 3.05) is 13.1 Å². The highest BCUT2D eigenvalue weighted by Crippen LogP contribution is 2.41. The third-order valence-corrected chi connectivity index (χ3v) is 4.14. The summed E-state index contributed by atoms with van der Waals surface area (Å²) in [5.41, 5.74) is 6.00. The molecule has 0 aliphatic heterocycles. The second-order valence-electron chi connectivity index (χ2n) is 4.97. The Bertz CT molecular complexity index is 498. The van der Waals surface area contributed by atoms with Crippen LogP contribution in [0.25, 0.3) is 0 Å². The van der Waals surface area contributed by atoms with Crippen molar-refractivity contribution in [1.29, 1.82) is 0 Å². The van der Waals surface area contributed by atoms with Gasteiger partial charge in [0.15, 0.2) is 0 Å². The zero-order valence-electron chi connectivity index (χ0n) is 11.1. The first-order chi connectivity index (χ1) is 9.55. The summed E-state index contributed by atoms with van der Waals surface area (Å²) in [6.45, 7) is -0.139. The maximum absolute atomic E-state index is 11.9. The minimum absolute atomic E-state index is 0.0334. The van der Waals surface area contributed by atoms with Crippen LogP contribution >= 0.6 is 15.9 Å². The van der Waals surface area contributed by atoms with Gasteiger partial charge in [0.1, 0.15) is 0 Å². The molecule has 20 heavy (non-hydrogen) atoms. The average molecular weight is 340 g/mol. The first-order valence-corrected chi connectivity index (χ1v) is 7.39. The van der Waals surface area contributed by atoms with E-state index in [1.807, 2.05) is 24.3 Å². The predicted octanol–water partition coefficient (Wildman–Crippen LogP) is 1.02. The topological polar surface area (TPSA) is 84.2 Å². The number of amides is 2. The molecular formula is C14H18BrN3O2. The van der Waals surface area contributed by atoms with Gasteiger partial charge in [0.2, 0.25) is 11.8 Å². The van der Waals surface area contributed by atoms with Gasteiger partial charge in [-0.15, -0.1) is 0 Å². The molecule has 1 aliphatic rings. The van der Waals surface area contributed by atoms with Gasteiger partial charge in [-0.2, -0.15) is 0 Å². The number of nitrogens with two attached hydrogens (primary N) is 1. The fraction of sp³-hybridized carbons (Fsp3) is 0.429. The zero-order valence-corrected chi connectivity index (χ0v) is 12.7. The highest BCUT2D eigenvalue weighted by molar-refractivity contribution is 9.10. The summed E-state index contributed by atoms with van der Waals surface area (Å²) in [5.74, 6) is -0.513. The molecule has 4 N–H and O–H groups in total. The molecule has 1 aliphatic carbocycles. The summed E-state index contributed by atoms with van der Waals surface area (Å²) in [6.07, 6.45) is 2.93. The third kappa shape index (κ3) is 3.37. The van der Waals surface area contributed by atoms with E-state index in [9.17, 15) is 9.59 Å². The molecule has 0 atom stereocenters. The lowest BCUT2D eigenvalue weighted by atomic mass is 9.72. The lowest BCUT2D eigenvalue weighted by Crippen LogP contribution is -2.53. The van der Waals surface area contributed by atoms with Crippen LogP contribution in [0.15, 0.2) is 28.7 Å². The van der Waals surface area contributed by atoms with Crippen molar-refractivity contribution >= 4 is 27.7 Å². The second-order valence-corrected chi connectivity index (χ2v) is 5.89. The Labute approximate surface area is 126 Å². The Kier molecular flexibility index (Phi) is 4.77. The van der Waals surface area contributed by atoms with Gasteiger partial charge < -0.3 is 16.4 Å². The first kappa shape index (κ1) is 15.0. The minimum Gasteiger partial charge on any atom is -0.346 e. The van der Waals surface area contributed by atoms with E-state index >= 15 is 0 Å². The Hall–Kier alpha value is -1.40. The van der Waals surface area contributed by atoms with Crippen LogP contribution in [-0.2, 0) is 15.1 Å². The molecule has 0 bridgehead atoms. The molecule has 0 unspecified atom stereocenters. The van der Waals surface area contributed by atoms with E-state index in [0.29, 0.717) is 0 Å². The molecule has 0 radical (unpaired) electrons. The number of rotatable bonds is 5. The van der Waals surface area contributed by atoms with Crippen molar-refractivity contribution in [1.82, 2.24) is 10.6 Å². The Balaban J connectivity index is 1.99. The first-order valence-electron chi connectivity index (χ1n) is 6.59. The van der Waals surface area contributed by atoms with E-state index < -0.39 is 0 Å². The van der Waals surface area contributed by atoms with Crippen molar-refractivity contribution in [3.05, 3.63) is 34.3 Å². The maximum Gasteiger partial charge on any atom is 0.240 e. The summed E-state index contributed by atoms with van der Waals surface area (Å²) in [4.78, 5) is 23.0. The average Bonchev–Trinajstić information content (AvgIpc) is 2.41. The number of nitrogens with one attached hydrogen (secondary N) is 2. The molecule has 2 amide bonds. The maximum atomic E-state index is 11.9. The lowest BCUT2D eigenvalue weighted by Gasteiger charge is -2.43. The number of benzene rings is 1. The fourth-order valence-electron chi connectivity index (χ4n) is 2.35. The Morgan fingerprint density at radius 3 is 2.35 bits per heavy atom. The van der Waals surface area contributed by atoms with E-state index in [1.165, 1.54) is 0 Å². The monoisotopic (exact) mass is 339 g/mol. The highest BCUT2D eigenvalue weighted by atomic mass is 79.9. The van der Waals surface area contributed by atoms with Gasteiger partial charge in [-0.25, -0.2) is 0 Å². The lowest BCUT2D eigenvalue weighted by molar-refractivity contribution is -0.127. The number of hydrogen-bond acceptors (Lipinski definition) is 3. The number of carbonyl (C=O) groups is 2. The van der Waals surface area contributed by atoms with Crippen LogP contribution < -0.4 is 16.4 Å². The van der Waals surface area contributed by atoms with Gasteiger partial charge in [-0.1, -0.05) is 28.1 Å². The summed E-state index contributed by atoms with van der Waals surface area (Å²) >= 11 is 3.41. The highest BCUT2D eigenvalue weighted by Gasteiger charge is 2.39. The number of halogens is 1. The van der Waals surface area contributed by atoms with Crippen molar-refractivity contribution in [3.63, 3.8) is 0 Å². The molecule has 0 heterocycles. The third-order valence-electron chi connectivity index (χ3n) is 3.61. The van der Waals surface area contributed by atoms with E-state index in [1.54, 1.807) is 0 Å². The summed E-state index contributed by atoms with van der Waals surface area (Å²) in [5, 5.41) is 5.52. The molecule has 1 saturated carbocycles. The molecule has 5 nitrogen and oxygen atoms in total. The summed E-state index contributed by atoms with van der Waals surface area (Å²) in [6, 6.07) is 7.97. The molecule has 6 heteroatoms. The Morgan fingerprint density at radius 2 is 1.85 bits per heavy atom. The smallest absolute Gasteiger partial charge is 0.240 e. The molecule has 0 spiro atoms. The normalized spacial score (nSPS) is 16.1. The zero-order chi connectivity index (χ0) is 14.6. The fourth-order valence-corrected chi connectivity index (χ4v) is 2.61. The van der Waals surface area contributed by atoms with Gasteiger partial charge in [0.05, 0.1) is 18.6 Å². The molecule has 1 aromatic carbocycles. The second kappa shape index (κ2) is 6.37. The van der Waals surface area contributed by atoms with Crippen molar-refractivity contribution in [2.45, 2.75) is 24.8 Å². The largest absolute Gasteiger partial charge is 0.346 e. The van der Waals surface area contributed by atoms with Crippen LogP contribution in [0, 0.1) is 0 Å². The van der Waals surface area contributed by atoms with Crippen LogP contribution in [0.1, 0.15) is 24.8 Å². The van der Waals surface area contributed by atoms with Gasteiger partial charge in [-0.3, -0.25) is 9.59 Å². The van der Waals surface area contributed by atoms with Crippen LogP contribution in [0.4, 0.5) is 0 Å². The van der Waals surface area contributed by atoms with Crippen LogP contribution in [0.3, 0.4) is 0 Å². The van der Waals surface area contributed by atoms with E-state index in [4.69, 9.17) is 5.73 Å². The van der Waals surface area contributed by atoms with E-state index in [-0.39, 0.29) is 30.4 Å². The van der Waals surface area contributed by atoms with Crippen molar-refractivity contribution in [2.24, 2.45) is 5.73 Å². The molecule has 2 rings (SSSR count). The van der Waals surface area contributed by atoms with Crippen LogP contribution in [-0.4, -0.2) is 24.9 Å². The number of hydrogen-bond donors (Lipinski definition) is 3. The van der Waals surface area contributed by atoms with Gasteiger partial charge in [-0.05, 0) is 37.0 Å². The van der Waals surface area contributed by atoms with Gasteiger partial charge in [0.25, 0.3) is 0 Å². The molecule has 1 aromatic rings. The van der Waals surface area contributed by atoms with Gasteiger partial charge >= 0.3 is 0 Å². The molecule has 108 valence electrons. The van der Waals surface area contributed by atoms with E-state index in [0.717, 1.165) is 29.3 Å². The summed E-state index contributed by atoms with van der Waals surface area (Å²) < 4.78 is 1.01. The minimum atomic E-state index is -0.327. The standard InChI is InChI=1S/C14H18BrN3O2/c15-11-4-2-10(3-5-11)14(6-1-7-14)18-13(20)9-17-12(19)8-16/h2-5H,1,6-9,16H2,(H,17,19)(H,18,20). The Morgan fingerprint density at radius 1 is 1.20 bits per heavy atom.